The van der Waals surface area contributed by atoms with Crippen LogP contribution in [0.25, 0.3) is 0 Å². The highest BCUT2D eigenvalue weighted by Gasteiger charge is 2.11. The minimum absolute atomic E-state index is 0.114. The SMILES string of the molecule is CC(C)C(O)c1cccc(=O)[nH]1. The van der Waals surface area contributed by atoms with Crippen molar-refractivity contribution in [1.82, 2.24) is 4.98 Å². The molecule has 0 saturated carbocycles. The summed E-state index contributed by atoms with van der Waals surface area (Å²) in [5.41, 5.74) is 0.407. The minimum atomic E-state index is -0.584. The highest BCUT2D eigenvalue weighted by atomic mass is 16.3. The van der Waals surface area contributed by atoms with Gasteiger partial charge < -0.3 is 10.1 Å². The van der Waals surface area contributed by atoms with Gasteiger partial charge in [0, 0.05) is 11.8 Å². The number of pyridine rings is 1. The van der Waals surface area contributed by atoms with Crippen molar-refractivity contribution in [2.24, 2.45) is 5.92 Å². The number of aromatic nitrogens is 1. The molecule has 1 heterocycles. The molecule has 1 aromatic rings. The Hall–Kier alpha value is -1.09. The summed E-state index contributed by atoms with van der Waals surface area (Å²) < 4.78 is 0. The summed E-state index contributed by atoms with van der Waals surface area (Å²) in [5, 5.41) is 9.55. The number of H-pyrrole nitrogens is 1. The fourth-order valence-corrected chi connectivity index (χ4v) is 0.996. The quantitative estimate of drug-likeness (QED) is 0.692. The van der Waals surface area contributed by atoms with E-state index in [1.165, 1.54) is 6.07 Å². The van der Waals surface area contributed by atoms with E-state index in [9.17, 15) is 9.90 Å². The molecule has 3 heteroatoms. The monoisotopic (exact) mass is 167 g/mol. The Bertz CT molecular complexity index is 303. The van der Waals surface area contributed by atoms with Gasteiger partial charge in [-0.25, -0.2) is 0 Å². The molecular weight excluding hydrogens is 154 g/mol. The average Bonchev–Trinajstić information content (AvgIpc) is 2.03. The number of aromatic amines is 1. The Morgan fingerprint density at radius 2 is 2.08 bits per heavy atom. The van der Waals surface area contributed by atoms with Crippen molar-refractivity contribution in [3.8, 4) is 0 Å². The van der Waals surface area contributed by atoms with Crippen molar-refractivity contribution in [3.05, 3.63) is 34.2 Å². The van der Waals surface area contributed by atoms with Crippen LogP contribution in [0.5, 0.6) is 0 Å². The van der Waals surface area contributed by atoms with Crippen LogP contribution in [0.15, 0.2) is 23.0 Å². The van der Waals surface area contributed by atoms with Crippen molar-refractivity contribution in [3.63, 3.8) is 0 Å². The van der Waals surface area contributed by atoms with Gasteiger partial charge in [-0.15, -0.1) is 0 Å². The zero-order valence-corrected chi connectivity index (χ0v) is 7.24. The molecule has 0 bridgehead atoms. The molecule has 1 aromatic heterocycles. The molecular formula is C9H13NO2. The van der Waals surface area contributed by atoms with E-state index in [0.29, 0.717) is 5.69 Å². The van der Waals surface area contributed by atoms with E-state index in [0.717, 1.165) is 0 Å². The molecule has 2 N–H and O–H groups in total. The first-order chi connectivity index (χ1) is 5.61. The van der Waals surface area contributed by atoms with Crippen molar-refractivity contribution >= 4 is 0 Å². The van der Waals surface area contributed by atoms with E-state index in [2.05, 4.69) is 4.98 Å². The highest BCUT2D eigenvalue weighted by molar-refractivity contribution is 5.07. The van der Waals surface area contributed by atoms with Gasteiger partial charge in [-0.1, -0.05) is 19.9 Å². The maximum Gasteiger partial charge on any atom is 0.248 e. The molecule has 1 rings (SSSR count). The molecule has 1 unspecified atom stereocenters. The van der Waals surface area contributed by atoms with Gasteiger partial charge in [0.05, 0.1) is 6.10 Å². The summed E-state index contributed by atoms with van der Waals surface area (Å²) >= 11 is 0. The number of rotatable bonds is 2. The molecule has 3 nitrogen and oxygen atoms in total. The first-order valence-electron chi connectivity index (χ1n) is 3.98. The second kappa shape index (κ2) is 3.54. The standard InChI is InChI=1S/C9H13NO2/c1-6(2)9(12)7-4-3-5-8(11)10-7/h3-6,9,12H,1-2H3,(H,10,11). The lowest BCUT2D eigenvalue weighted by molar-refractivity contribution is 0.122. The van der Waals surface area contributed by atoms with Gasteiger partial charge in [0.1, 0.15) is 0 Å². The number of aliphatic hydroxyl groups excluding tert-OH is 1. The number of nitrogens with one attached hydrogen (secondary N) is 1. The molecule has 0 aliphatic carbocycles. The van der Waals surface area contributed by atoms with Crippen LogP contribution in [-0.2, 0) is 0 Å². The van der Waals surface area contributed by atoms with Crippen LogP contribution in [0.2, 0.25) is 0 Å². The smallest absolute Gasteiger partial charge is 0.248 e. The molecule has 0 aliphatic heterocycles. The fraction of sp³-hybridized carbons (Fsp3) is 0.444. The first kappa shape index (κ1) is 9.00. The Kier molecular flexibility index (Phi) is 2.65. The van der Waals surface area contributed by atoms with Gasteiger partial charge in [0.25, 0.3) is 0 Å². The lowest BCUT2D eigenvalue weighted by atomic mass is 10.0. The third-order valence-corrected chi connectivity index (χ3v) is 1.74. The Morgan fingerprint density at radius 1 is 1.42 bits per heavy atom. The minimum Gasteiger partial charge on any atom is -0.387 e. The third-order valence-electron chi connectivity index (χ3n) is 1.74. The average molecular weight is 167 g/mol. The largest absolute Gasteiger partial charge is 0.387 e. The summed E-state index contributed by atoms with van der Waals surface area (Å²) in [6, 6.07) is 4.78. The molecule has 0 aliphatic rings. The Morgan fingerprint density at radius 3 is 2.58 bits per heavy atom. The van der Waals surface area contributed by atoms with E-state index in [-0.39, 0.29) is 11.5 Å². The summed E-state index contributed by atoms with van der Waals surface area (Å²) in [4.78, 5) is 13.4. The summed E-state index contributed by atoms with van der Waals surface area (Å²) in [6.07, 6.45) is -0.584. The zero-order valence-electron chi connectivity index (χ0n) is 7.24. The molecule has 66 valence electrons. The summed E-state index contributed by atoms with van der Waals surface area (Å²) in [7, 11) is 0. The van der Waals surface area contributed by atoms with Crippen LogP contribution < -0.4 is 5.56 Å². The number of hydrogen-bond acceptors (Lipinski definition) is 2. The van der Waals surface area contributed by atoms with Gasteiger partial charge in [0.15, 0.2) is 0 Å². The van der Waals surface area contributed by atoms with Crippen molar-refractivity contribution in [2.75, 3.05) is 0 Å². The molecule has 0 saturated heterocycles. The molecule has 0 fully saturated rings. The second-order valence-corrected chi connectivity index (χ2v) is 3.16. The second-order valence-electron chi connectivity index (χ2n) is 3.16. The van der Waals surface area contributed by atoms with Gasteiger partial charge in [-0.3, -0.25) is 4.79 Å². The van der Waals surface area contributed by atoms with Crippen molar-refractivity contribution in [1.29, 1.82) is 0 Å². The highest BCUT2D eigenvalue weighted by Crippen LogP contribution is 2.17. The van der Waals surface area contributed by atoms with Gasteiger partial charge >= 0.3 is 0 Å². The van der Waals surface area contributed by atoms with Crippen LogP contribution in [0.4, 0.5) is 0 Å². The maximum atomic E-state index is 10.9. The third kappa shape index (κ3) is 1.95. The summed E-state index contributed by atoms with van der Waals surface area (Å²) in [5.74, 6) is 0.114. The van der Waals surface area contributed by atoms with Gasteiger partial charge in [0.2, 0.25) is 5.56 Å². The summed E-state index contributed by atoms with van der Waals surface area (Å²) in [6.45, 7) is 3.80. The predicted molar refractivity (Wildman–Crippen MR) is 46.9 cm³/mol. The normalized spacial score (nSPS) is 13.3. The van der Waals surface area contributed by atoms with E-state index in [1.807, 2.05) is 13.8 Å². The maximum absolute atomic E-state index is 10.9. The Balaban J connectivity index is 2.95. The Labute approximate surface area is 71.1 Å². The van der Waals surface area contributed by atoms with Crippen LogP contribution in [-0.4, -0.2) is 10.1 Å². The van der Waals surface area contributed by atoms with Crippen LogP contribution >= 0.6 is 0 Å². The van der Waals surface area contributed by atoms with E-state index in [4.69, 9.17) is 0 Å². The number of aliphatic hydroxyl groups is 1. The molecule has 1 atom stereocenters. The van der Waals surface area contributed by atoms with Crippen LogP contribution in [0.1, 0.15) is 25.6 Å². The van der Waals surface area contributed by atoms with Crippen molar-refractivity contribution < 1.29 is 5.11 Å². The van der Waals surface area contributed by atoms with Crippen LogP contribution in [0, 0.1) is 5.92 Å². The predicted octanol–water partition coefficient (Wildman–Crippen LogP) is 1.06. The first-order valence-corrected chi connectivity index (χ1v) is 3.98. The van der Waals surface area contributed by atoms with E-state index in [1.54, 1.807) is 12.1 Å². The van der Waals surface area contributed by atoms with Gasteiger partial charge in [-0.05, 0) is 12.0 Å². The number of hydrogen-bond donors (Lipinski definition) is 2. The van der Waals surface area contributed by atoms with Crippen molar-refractivity contribution in [2.45, 2.75) is 20.0 Å². The molecule has 12 heavy (non-hydrogen) atoms. The van der Waals surface area contributed by atoms with Crippen LogP contribution in [0.3, 0.4) is 0 Å². The fourth-order valence-electron chi connectivity index (χ4n) is 0.996. The molecule has 0 spiro atoms. The topological polar surface area (TPSA) is 53.1 Å². The van der Waals surface area contributed by atoms with Gasteiger partial charge in [-0.2, -0.15) is 0 Å². The lowest BCUT2D eigenvalue weighted by Crippen LogP contribution is -2.13. The van der Waals surface area contributed by atoms with E-state index < -0.39 is 6.10 Å². The molecule has 0 radical (unpaired) electrons. The molecule has 0 aromatic carbocycles. The van der Waals surface area contributed by atoms with E-state index >= 15 is 0 Å². The lowest BCUT2D eigenvalue weighted by Gasteiger charge is -2.13. The molecule has 0 amide bonds. The zero-order chi connectivity index (χ0) is 9.14.